The van der Waals surface area contributed by atoms with E-state index in [1.54, 1.807) is 26.0 Å². The molecule has 0 fully saturated rings. The van der Waals surface area contributed by atoms with Gasteiger partial charge >= 0.3 is 5.97 Å². The normalized spacial score (nSPS) is 12.5. The second kappa shape index (κ2) is 5.80. The van der Waals surface area contributed by atoms with Crippen molar-refractivity contribution in [2.24, 2.45) is 0 Å². The molecule has 0 aliphatic carbocycles. The van der Waals surface area contributed by atoms with Crippen LogP contribution in [0.4, 0.5) is 0 Å². The van der Waals surface area contributed by atoms with Crippen molar-refractivity contribution in [3.8, 4) is 0 Å². The van der Waals surface area contributed by atoms with Gasteiger partial charge in [-0.05, 0) is 32.9 Å². The van der Waals surface area contributed by atoms with Crippen molar-refractivity contribution in [3.63, 3.8) is 0 Å². The van der Waals surface area contributed by atoms with Gasteiger partial charge in [0.05, 0.1) is 16.9 Å². The number of carbonyl (C=O) groups excluding carboxylic acids is 1. The Morgan fingerprint density at radius 1 is 1.31 bits per heavy atom. The highest BCUT2D eigenvalue weighted by Crippen LogP contribution is 2.08. The largest absolute Gasteiger partial charge is 0.462 e. The molecule has 0 aliphatic rings. The van der Waals surface area contributed by atoms with E-state index in [9.17, 15) is 9.00 Å². The van der Waals surface area contributed by atoms with Crippen LogP contribution in [0, 0.1) is 6.92 Å². The number of benzene rings is 1. The molecule has 0 aromatic heterocycles. The van der Waals surface area contributed by atoms with Crippen LogP contribution in [0.5, 0.6) is 0 Å². The van der Waals surface area contributed by atoms with Crippen molar-refractivity contribution in [2.45, 2.75) is 31.8 Å². The summed E-state index contributed by atoms with van der Waals surface area (Å²) in [7, 11) is -1.31. The molecule has 0 heterocycles. The highest BCUT2D eigenvalue weighted by atomic mass is 32.2. The predicted molar refractivity (Wildman–Crippen MR) is 63.7 cm³/mol. The first-order valence-corrected chi connectivity index (χ1v) is 6.45. The van der Waals surface area contributed by atoms with E-state index < -0.39 is 16.8 Å². The molecule has 0 N–H and O–H groups in total. The topological polar surface area (TPSA) is 43.4 Å². The molecule has 88 valence electrons. The van der Waals surface area contributed by atoms with Gasteiger partial charge in [0, 0.05) is 4.90 Å². The van der Waals surface area contributed by atoms with Crippen molar-refractivity contribution >= 4 is 16.8 Å². The number of rotatable bonds is 4. The standard InChI is InChI=1S/C12H16O3S/c1-9(2)15-12(13)8-16(14)11-6-4-10(3)5-7-11/h4-7,9H,8H2,1-3H3/t16-/m1/s1. The summed E-state index contributed by atoms with van der Waals surface area (Å²) < 4.78 is 16.7. The van der Waals surface area contributed by atoms with E-state index in [4.69, 9.17) is 4.74 Å². The number of esters is 1. The smallest absolute Gasteiger partial charge is 0.319 e. The molecule has 1 atom stereocenters. The van der Waals surface area contributed by atoms with Crippen LogP contribution in [0.3, 0.4) is 0 Å². The summed E-state index contributed by atoms with van der Waals surface area (Å²) >= 11 is 0. The summed E-state index contributed by atoms with van der Waals surface area (Å²) in [6, 6.07) is 7.30. The quantitative estimate of drug-likeness (QED) is 0.757. The van der Waals surface area contributed by atoms with Gasteiger partial charge in [0.1, 0.15) is 5.75 Å². The van der Waals surface area contributed by atoms with Crippen molar-refractivity contribution in [1.29, 1.82) is 0 Å². The molecule has 0 spiro atoms. The summed E-state index contributed by atoms with van der Waals surface area (Å²) in [4.78, 5) is 11.9. The van der Waals surface area contributed by atoms with Gasteiger partial charge in [-0.3, -0.25) is 9.00 Å². The van der Waals surface area contributed by atoms with Crippen molar-refractivity contribution in [3.05, 3.63) is 29.8 Å². The van der Waals surface area contributed by atoms with E-state index in [2.05, 4.69) is 0 Å². The molecule has 4 heteroatoms. The number of hydrogen-bond donors (Lipinski definition) is 0. The Kier molecular flexibility index (Phi) is 4.68. The zero-order valence-corrected chi connectivity index (χ0v) is 10.5. The summed E-state index contributed by atoms with van der Waals surface area (Å²) in [5.74, 6) is -0.504. The maximum Gasteiger partial charge on any atom is 0.319 e. The molecule has 0 saturated carbocycles. The van der Waals surface area contributed by atoms with Crippen LogP contribution in [0.1, 0.15) is 19.4 Å². The third-order valence-electron chi connectivity index (χ3n) is 1.90. The Hall–Kier alpha value is -1.16. The number of aryl methyl sites for hydroxylation is 1. The Bertz CT molecular complexity index is 382. The van der Waals surface area contributed by atoms with Crippen molar-refractivity contribution in [1.82, 2.24) is 0 Å². The summed E-state index contributed by atoms with van der Waals surface area (Å²) in [6.07, 6.45) is -0.164. The molecule has 0 aliphatic heterocycles. The molecule has 3 nitrogen and oxygen atoms in total. The first-order valence-electron chi connectivity index (χ1n) is 5.13. The average molecular weight is 240 g/mol. The molecule has 16 heavy (non-hydrogen) atoms. The van der Waals surface area contributed by atoms with Gasteiger partial charge in [-0.1, -0.05) is 17.7 Å². The molecular weight excluding hydrogens is 224 g/mol. The lowest BCUT2D eigenvalue weighted by atomic mass is 10.2. The van der Waals surface area contributed by atoms with E-state index in [0.717, 1.165) is 5.56 Å². The zero-order chi connectivity index (χ0) is 12.1. The van der Waals surface area contributed by atoms with Gasteiger partial charge in [0.2, 0.25) is 0 Å². The molecule has 0 unspecified atom stereocenters. The van der Waals surface area contributed by atoms with Gasteiger partial charge in [0.25, 0.3) is 0 Å². The van der Waals surface area contributed by atoms with Crippen LogP contribution in [0.15, 0.2) is 29.2 Å². The lowest BCUT2D eigenvalue weighted by molar-refractivity contribution is -0.144. The van der Waals surface area contributed by atoms with Gasteiger partial charge in [-0.15, -0.1) is 0 Å². The van der Waals surface area contributed by atoms with E-state index in [1.165, 1.54) is 0 Å². The Labute approximate surface area is 98.3 Å². The Morgan fingerprint density at radius 3 is 2.38 bits per heavy atom. The minimum atomic E-state index is -1.31. The highest BCUT2D eigenvalue weighted by molar-refractivity contribution is 7.85. The average Bonchev–Trinajstić information content (AvgIpc) is 2.16. The van der Waals surface area contributed by atoms with Gasteiger partial charge in [0.15, 0.2) is 0 Å². The van der Waals surface area contributed by atoms with Gasteiger partial charge in [-0.25, -0.2) is 0 Å². The van der Waals surface area contributed by atoms with E-state index in [1.807, 2.05) is 19.1 Å². The molecule has 1 aromatic carbocycles. The summed E-state index contributed by atoms with van der Waals surface area (Å²) in [6.45, 7) is 5.50. The number of ether oxygens (including phenoxy) is 1. The fourth-order valence-corrected chi connectivity index (χ4v) is 2.07. The fourth-order valence-electron chi connectivity index (χ4n) is 1.18. The summed E-state index contributed by atoms with van der Waals surface area (Å²) in [5, 5.41) is 0. The third kappa shape index (κ3) is 4.14. The minimum absolute atomic E-state index is 0.0821. The highest BCUT2D eigenvalue weighted by Gasteiger charge is 2.12. The van der Waals surface area contributed by atoms with E-state index in [-0.39, 0.29) is 11.9 Å². The van der Waals surface area contributed by atoms with Crippen LogP contribution in [0.2, 0.25) is 0 Å². The molecule has 1 rings (SSSR count). The summed E-state index contributed by atoms with van der Waals surface area (Å²) in [5.41, 5.74) is 1.10. The number of hydrogen-bond acceptors (Lipinski definition) is 3. The second-order valence-corrected chi connectivity index (χ2v) is 5.29. The molecule has 0 radical (unpaired) electrons. The monoisotopic (exact) mass is 240 g/mol. The van der Waals surface area contributed by atoms with Crippen molar-refractivity contribution in [2.75, 3.05) is 5.75 Å². The lowest BCUT2D eigenvalue weighted by Gasteiger charge is -2.07. The molecule has 1 aromatic rings. The van der Waals surface area contributed by atoms with Crippen LogP contribution in [-0.4, -0.2) is 22.0 Å². The molecule has 0 amide bonds. The zero-order valence-electron chi connectivity index (χ0n) is 9.73. The van der Waals surface area contributed by atoms with Crippen LogP contribution in [-0.2, 0) is 20.3 Å². The maximum absolute atomic E-state index is 11.8. The SMILES string of the molecule is Cc1ccc([S@](=O)CC(=O)OC(C)C)cc1. The van der Waals surface area contributed by atoms with E-state index >= 15 is 0 Å². The predicted octanol–water partition coefficient (Wildman–Crippen LogP) is 2.05. The van der Waals surface area contributed by atoms with Gasteiger partial charge < -0.3 is 4.74 Å². The Balaban J connectivity index is 2.59. The first kappa shape index (κ1) is 12.9. The lowest BCUT2D eigenvalue weighted by Crippen LogP contribution is -2.18. The van der Waals surface area contributed by atoms with E-state index in [0.29, 0.717) is 4.90 Å². The second-order valence-electron chi connectivity index (χ2n) is 3.84. The first-order chi connectivity index (χ1) is 7.49. The van der Waals surface area contributed by atoms with Crippen LogP contribution in [0.25, 0.3) is 0 Å². The number of carbonyl (C=O) groups is 1. The van der Waals surface area contributed by atoms with Crippen molar-refractivity contribution < 1.29 is 13.7 Å². The Morgan fingerprint density at radius 2 is 1.88 bits per heavy atom. The molecular formula is C12H16O3S. The maximum atomic E-state index is 11.8. The minimum Gasteiger partial charge on any atom is -0.462 e. The van der Waals surface area contributed by atoms with Crippen LogP contribution < -0.4 is 0 Å². The molecule has 0 saturated heterocycles. The van der Waals surface area contributed by atoms with Gasteiger partial charge in [-0.2, -0.15) is 0 Å². The molecule has 0 bridgehead atoms. The third-order valence-corrected chi connectivity index (χ3v) is 3.20. The van der Waals surface area contributed by atoms with Crippen LogP contribution >= 0.6 is 0 Å². The fraction of sp³-hybridized carbons (Fsp3) is 0.417.